The Balaban J connectivity index is 2.11. The molecule has 1 aliphatic carbocycles. The number of halogens is 2. The lowest BCUT2D eigenvalue weighted by molar-refractivity contribution is 0.236. The summed E-state index contributed by atoms with van der Waals surface area (Å²) in [5.41, 5.74) is 6.95. The van der Waals surface area contributed by atoms with Gasteiger partial charge in [-0.1, -0.05) is 28.9 Å². The molecular formula is C14H20BrFN2. The summed E-state index contributed by atoms with van der Waals surface area (Å²) in [4.78, 5) is 2.28. The lowest BCUT2D eigenvalue weighted by Gasteiger charge is -2.28. The molecule has 0 aromatic heterocycles. The topological polar surface area (TPSA) is 29.3 Å². The van der Waals surface area contributed by atoms with Crippen LogP contribution in [0.1, 0.15) is 24.9 Å². The summed E-state index contributed by atoms with van der Waals surface area (Å²) >= 11 is 3.43. The lowest BCUT2D eigenvalue weighted by atomic mass is 10.1. The first-order chi connectivity index (χ1) is 8.52. The van der Waals surface area contributed by atoms with Crippen LogP contribution in [0.5, 0.6) is 0 Å². The fourth-order valence-electron chi connectivity index (χ4n) is 2.47. The number of nitrogens with zero attached hydrogens (tertiary/aromatic N) is 1. The molecule has 0 bridgehead atoms. The second-order valence-electron chi connectivity index (χ2n) is 5.33. The van der Waals surface area contributed by atoms with Gasteiger partial charge in [0.15, 0.2) is 0 Å². The molecule has 2 rings (SSSR count). The molecule has 1 saturated carbocycles. The molecule has 2 nitrogen and oxygen atoms in total. The third-order valence-corrected chi connectivity index (χ3v) is 4.56. The van der Waals surface area contributed by atoms with Gasteiger partial charge in [0.2, 0.25) is 0 Å². The van der Waals surface area contributed by atoms with Gasteiger partial charge in [-0.05, 0) is 43.0 Å². The van der Waals surface area contributed by atoms with Crippen LogP contribution in [-0.2, 0) is 0 Å². The monoisotopic (exact) mass is 314 g/mol. The SMILES string of the molecule is CC1CC1CN(C)C(CN)c1ccc(F)cc1Br. The summed E-state index contributed by atoms with van der Waals surface area (Å²) in [5, 5.41) is 0. The van der Waals surface area contributed by atoms with Crippen LogP contribution in [0.25, 0.3) is 0 Å². The largest absolute Gasteiger partial charge is 0.329 e. The third-order valence-electron chi connectivity index (χ3n) is 3.88. The third kappa shape index (κ3) is 3.11. The Morgan fingerprint density at radius 1 is 1.56 bits per heavy atom. The molecule has 1 aliphatic rings. The van der Waals surface area contributed by atoms with Crippen molar-refractivity contribution in [1.29, 1.82) is 0 Å². The van der Waals surface area contributed by atoms with E-state index in [-0.39, 0.29) is 11.9 Å². The number of hydrogen-bond donors (Lipinski definition) is 1. The molecule has 0 saturated heterocycles. The van der Waals surface area contributed by atoms with E-state index in [1.807, 2.05) is 6.07 Å². The molecule has 4 heteroatoms. The molecule has 18 heavy (non-hydrogen) atoms. The summed E-state index contributed by atoms with van der Waals surface area (Å²) in [6, 6.07) is 4.97. The van der Waals surface area contributed by atoms with Gasteiger partial charge >= 0.3 is 0 Å². The quantitative estimate of drug-likeness (QED) is 0.904. The van der Waals surface area contributed by atoms with Gasteiger partial charge in [0.25, 0.3) is 0 Å². The van der Waals surface area contributed by atoms with Crippen molar-refractivity contribution in [2.24, 2.45) is 17.6 Å². The molecule has 1 fully saturated rings. The average molecular weight is 315 g/mol. The number of hydrogen-bond acceptors (Lipinski definition) is 2. The minimum absolute atomic E-state index is 0.146. The van der Waals surface area contributed by atoms with E-state index in [9.17, 15) is 4.39 Å². The van der Waals surface area contributed by atoms with Crippen molar-refractivity contribution in [3.63, 3.8) is 0 Å². The van der Waals surface area contributed by atoms with E-state index in [0.717, 1.165) is 28.4 Å². The van der Waals surface area contributed by atoms with Crippen molar-refractivity contribution < 1.29 is 4.39 Å². The summed E-state index contributed by atoms with van der Waals surface area (Å²) in [6.07, 6.45) is 1.31. The fourth-order valence-corrected chi connectivity index (χ4v) is 3.08. The molecule has 0 amide bonds. The molecule has 0 heterocycles. The molecule has 3 atom stereocenters. The van der Waals surface area contributed by atoms with E-state index in [4.69, 9.17) is 5.73 Å². The van der Waals surface area contributed by atoms with Crippen molar-refractivity contribution in [2.75, 3.05) is 20.1 Å². The van der Waals surface area contributed by atoms with E-state index >= 15 is 0 Å². The van der Waals surface area contributed by atoms with Crippen LogP contribution in [0.4, 0.5) is 4.39 Å². The maximum Gasteiger partial charge on any atom is 0.124 e. The lowest BCUT2D eigenvalue weighted by Crippen LogP contribution is -2.32. The van der Waals surface area contributed by atoms with E-state index in [1.54, 1.807) is 0 Å². The highest BCUT2D eigenvalue weighted by atomic mass is 79.9. The highest BCUT2D eigenvalue weighted by Crippen LogP contribution is 2.39. The second-order valence-corrected chi connectivity index (χ2v) is 6.18. The molecule has 0 radical (unpaired) electrons. The van der Waals surface area contributed by atoms with Gasteiger partial charge in [-0.25, -0.2) is 4.39 Å². The first-order valence-corrected chi connectivity index (χ1v) is 7.17. The van der Waals surface area contributed by atoms with E-state index in [1.165, 1.54) is 18.6 Å². The van der Waals surface area contributed by atoms with Crippen molar-refractivity contribution in [3.05, 3.63) is 34.1 Å². The zero-order valence-corrected chi connectivity index (χ0v) is 12.5. The van der Waals surface area contributed by atoms with Gasteiger partial charge < -0.3 is 5.73 Å². The summed E-state index contributed by atoms with van der Waals surface area (Å²) < 4.78 is 13.9. The smallest absolute Gasteiger partial charge is 0.124 e. The maximum atomic E-state index is 13.1. The van der Waals surface area contributed by atoms with Gasteiger partial charge in [-0.2, -0.15) is 0 Å². The van der Waals surface area contributed by atoms with Gasteiger partial charge in [0.1, 0.15) is 5.82 Å². The number of benzene rings is 1. The van der Waals surface area contributed by atoms with E-state index in [0.29, 0.717) is 6.54 Å². The predicted octanol–water partition coefficient (Wildman–Crippen LogP) is 3.18. The predicted molar refractivity (Wildman–Crippen MR) is 75.8 cm³/mol. The van der Waals surface area contributed by atoms with Gasteiger partial charge in [-0.15, -0.1) is 0 Å². The van der Waals surface area contributed by atoms with Gasteiger partial charge in [0.05, 0.1) is 0 Å². The molecule has 0 spiro atoms. The van der Waals surface area contributed by atoms with Gasteiger partial charge in [0, 0.05) is 23.6 Å². The van der Waals surface area contributed by atoms with Crippen LogP contribution in [0.15, 0.2) is 22.7 Å². The summed E-state index contributed by atoms with van der Waals surface area (Å²) in [5.74, 6) is 1.41. The first kappa shape index (κ1) is 14.0. The second kappa shape index (κ2) is 5.68. The van der Waals surface area contributed by atoms with Crippen molar-refractivity contribution in [3.8, 4) is 0 Å². The minimum Gasteiger partial charge on any atom is -0.329 e. The van der Waals surface area contributed by atoms with Crippen LogP contribution in [-0.4, -0.2) is 25.0 Å². The van der Waals surface area contributed by atoms with Crippen LogP contribution < -0.4 is 5.73 Å². The van der Waals surface area contributed by atoms with Gasteiger partial charge in [-0.3, -0.25) is 4.90 Å². The highest BCUT2D eigenvalue weighted by Gasteiger charge is 2.34. The van der Waals surface area contributed by atoms with Crippen molar-refractivity contribution >= 4 is 15.9 Å². The van der Waals surface area contributed by atoms with Crippen LogP contribution in [0.3, 0.4) is 0 Å². The van der Waals surface area contributed by atoms with E-state index < -0.39 is 0 Å². The standard InChI is InChI=1S/C14H20BrFN2/c1-9-5-10(9)8-18(2)14(7-17)12-4-3-11(16)6-13(12)15/h3-4,6,9-10,14H,5,7-8,17H2,1-2H3. The summed E-state index contributed by atoms with van der Waals surface area (Å²) in [6.45, 7) is 3.89. The molecule has 0 aliphatic heterocycles. The Morgan fingerprint density at radius 2 is 2.22 bits per heavy atom. The molecule has 1 aromatic carbocycles. The molecule has 2 N–H and O–H groups in total. The van der Waals surface area contributed by atoms with Crippen molar-refractivity contribution in [2.45, 2.75) is 19.4 Å². The molecule has 1 aromatic rings. The van der Waals surface area contributed by atoms with Crippen LogP contribution >= 0.6 is 15.9 Å². The fraction of sp³-hybridized carbons (Fsp3) is 0.571. The highest BCUT2D eigenvalue weighted by molar-refractivity contribution is 9.10. The molecular weight excluding hydrogens is 295 g/mol. The zero-order valence-electron chi connectivity index (χ0n) is 10.9. The minimum atomic E-state index is -0.222. The molecule has 3 unspecified atom stereocenters. The Morgan fingerprint density at radius 3 is 2.72 bits per heavy atom. The first-order valence-electron chi connectivity index (χ1n) is 6.38. The van der Waals surface area contributed by atoms with Crippen LogP contribution in [0.2, 0.25) is 0 Å². The average Bonchev–Trinajstić information content (AvgIpc) is 2.98. The van der Waals surface area contributed by atoms with Crippen molar-refractivity contribution in [1.82, 2.24) is 4.90 Å². The molecule has 100 valence electrons. The van der Waals surface area contributed by atoms with Crippen LogP contribution in [0, 0.1) is 17.7 Å². The Bertz CT molecular complexity index is 424. The zero-order chi connectivity index (χ0) is 13.3. The van der Waals surface area contributed by atoms with E-state index in [2.05, 4.69) is 34.8 Å². The summed E-state index contributed by atoms with van der Waals surface area (Å²) in [7, 11) is 2.10. The Kier molecular flexibility index (Phi) is 4.41. The number of likely N-dealkylation sites (N-methyl/N-ethyl adjacent to an activating group) is 1. The normalized spacial score (nSPS) is 24.3. The Hall–Kier alpha value is -0.450. The maximum absolute atomic E-state index is 13.1. The Labute approximate surface area is 116 Å². The number of nitrogens with two attached hydrogens (primary N) is 1. The number of rotatable bonds is 5.